The molecule has 0 saturated heterocycles. The highest BCUT2D eigenvalue weighted by Crippen LogP contribution is 2.33. The second-order valence-electron chi connectivity index (χ2n) is 4.65. The minimum absolute atomic E-state index is 0.698. The summed E-state index contributed by atoms with van der Waals surface area (Å²) < 4.78 is 6.74. The van der Waals surface area contributed by atoms with Crippen LogP contribution in [0.2, 0.25) is 0 Å². The number of nitrogens with one attached hydrogen (secondary N) is 1. The molecular formula is C15H21NOS. The molecule has 0 bridgehead atoms. The summed E-state index contributed by atoms with van der Waals surface area (Å²) in [5, 5.41) is 4.77. The molecule has 1 N–H and O–H groups in total. The van der Waals surface area contributed by atoms with Crippen molar-refractivity contribution in [2.24, 2.45) is 0 Å². The van der Waals surface area contributed by atoms with Gasteiger partial charge in [0.2, 0.25) is 0 Å². The van der Waals surface area contributed by atoms with Crippen molar-refractivity contribution in [2.75, 3.05) is 13.7 Å². The molecule has 1 aromatic heterocycles. The van der Waals surface area contributed by atoms with Gasteiger partial charge in [-0.05, 0) is 49.0 Å². The van der Waals surface area contributed by atoms with Gasteiger partial charge < -0.3 is 10.1 Å². The summed E-state index contributed by atoms with van der Waals surface area (Å²) in [5.74, 6) is 0. The quantitative estimate of drug-likeness (QED) is 0.886. The Balaban J connectivity index is 2.52. The van der Waals surface area contributed by atoms with Gasteiger partial charge in [0.15, 0.2) is 0 Å². The molecule has 1 heterocycles. The van der Waals surface area contributed by atoms with Crippen LogP contribution in [0.4, 0.5) is 0 Å². The lowest BCUT2D eigenvalue weighted by Gasteiger charge is -2.05. The molecule has 1 aromatic carbocycles. The van der Waals surface area contributed by atoms with Crippen molar-refractivity contribution in [1.29, 1.82) is 0 Å². The number of methoxy groups -OCH3 is 1. The Kier molecular flexibility index (Phi) is 4.38. The van der Waals surface area contributed by atoms with Crippen LogP contribution in [-0.2, 0) is 17.9 Å². The van der Waals surface area contributed by atoms with E-state index in [1.807, 2.05) is 11.3 Å². The fourth-order valence-corrected chi connectivity index (χ4v) is 3.40. The van der Waals surface area contributed by atoms with Crippen LogP contribution in [0, 0.1) is 13.8 Å². The molecule has 18 heavy (non-hydrogen) atoms. The van der Waals surface area contributed by atoms with E-state index < -0.39 is 0 Å². The average Bonchev–Trinajstić information content (AvgIpc) is 2.66. The smallest absolute Gasteiger partial charge is 0.0730 e. The van der Waals surface area contributed by atoms with E-state index in [-0.39, 0.29) is 0 Å². The lowest BCUT2D eigenvalue weighted by Crippen LogP contribution is -2.11. The molecule has 0 saturated carbocycles. The van der Waals surface area contributed by atoms with Crippen molar-refractivity contribution in [1.82, 2.24) is 5.32 Å². The second kappa shape index (κ2) is 5.83. The van der Waals surface area contributed by atoms with E-state index >= 15 is 0 Å². The molecule has 2 aromatic rings. The Labute approximate surface area is 113 Å². The summed E-state index contributed by atoms with van der Waals surface area (Å²) >= 11 is 1.88. The number of fused-ring (bicyclic) bond motifs is 1. The highest BCUT2D eigenvalue weighted by Gasteiger charge is 2.12. The zero-order valence-corrected chi connectivity index (χ0v) is 12.4. The number of hydrogen-bond acceptors (Lipinski definition) is 3. The first-order valence-electron chi connectivity index (χ1n) is 6.38. The molecule has 2 rings (SSSR count). The maximum Gasteiger partial charge on any atom is 0.0730 e. The molecule has 0 spiro atoms. The summed E-state index contributed by atoms with van der Waals surface area (Å²) in [7, 11) is 1.77. The van der Waals surface area contributed by atoms with Crippen molar-refractivity contribution in [2.45, 2.75) is 33.9 Å². The van der Waals surface area contributed by atoms with Crippen molar-refractivity contribution < 1.29 is 4.74 Å². The van der Waals surface area contributed by atoms with Gasteiger partial charge in [0, 0.05) is 28.8 Å². The molecule has 3 heteroatoms. The Morgan fingerprint density at radius 2 is 1.94 bits per heavy atom. The van der Waals surface area contributed by atoms with Crippen molar-refractivity contribution in [3.8, 4) is 0 Å². The minimum Gasteiger partial charge on any atom is -0.380 e. The first-order chi connectivity index (χ1) is 8.67. The minimum atomic E-state index is 0.698. The molecule has 2 nitrogen and oxygen atoms in total. The third-order valence-electron chi connectivity index (χ3n) is 3.32. The SMILES string of the molecule is CCNCc1sc2cc(C)c(C)cc2c1COC. The van der Waals surface area contributed by atoms with Crippen LogP contribution >= 0.6 is 11.3 Å². The fraction of sp³-hybridized carbons (Fsp3) is 0.467. The van der Waals surface area contributed by atoms with Gasteiger partial charge in [0.05, 0.1) is 6.61 Å². The molecular weight excluding hydrogens is 242 g/mol. The van der Waals surface area contributed by atoms with Crippen LogP contribution in [0.3, 0.4) is 0 Å². The Hall–Kier alpha value is -0.900. The topological polar surface area (TPSA) is 21.3 Å². The predicted molar refractivity (Wildman–Crippen MR) is 79.4 cm³/mol. The van der Waals surface area contributed by atoms with Crippen LogP contribution < -0.4 is 5.32 Å². The zero-order chi connectivity index (χ0) is 13.1. The summed E-state index contributed by atoms with van der Waals surface area (Å²) in [5.41, 5.74) is 4.07. The predicted octanol–water partition coefficient (Wildman–Crippen LogP) is 3.77. The van der Waals surface area contributed by atoms with Gasteiger partial charge in [-0.2, -0.15) is 0 Å². The van der Waals surface area contributed by atoms with Crippen LogP contribution in [0.15, 0.2) is 12.1 Å². The molecule has 0 amide bonds. The third-order valence-corrected chi connectivity index (χ3v) is 4.51. The van der Waals surface area contributed by atoms with E-state index in [4.69, 9.17) is 4.74 Å². The Bertz CT molecular complexity index is 545. The van der Waals surface area contributed by atoms with E-state index in [1.165, 1.54) is 31.7 Å². The number of benzene rings is 1. The van der Waals surface area contributed by atoms with Gasteiger partial charge in [0.1, 0.15) is 0 Å². The monoisotopic (exact) mass is 263 g/mol. The zero-order valence-electron chi connectivity index (χ0n) is 11.6. The first-order valence-corrected chi connectivity index (χ1v) is 7.20. The first kappa shape index (κ1) is 13.5. The molecule has 0 radical (unpaired) electrons. The molecule has 0 atom stereocenters. The Morgan fingerprint density at radius 3 is 2.61 bits per heavy atom. The summed E-state index contributed by atoms with van der Waals surface area (Å²) in [4.78, 5) is 1.40. The lowest BCUT2D eigenvalue weighted by molar-refractivity contribution is 0.185. The highest BCUT2D eigenvalue weighted by molar-refractivity contribution is 7.19. The van der Waals surface area contributed by atoms with Gasteiger partial charge in [0.25, 0.3) is 0 Å². The molecule has 0 aliphatic rings. The van der Waals surface area contributed by atoms with Crippen LogP contribution in [0.1, 0.15) is 28.5 Å². The number of aryl methyl sites for hydroxylation is 2. The summed E-state index contributed by atoms with van der Waals surface area (Å²) in [6, 6.07) is 4.59. The summed E-state index contributed by atoms with van der Waals surface area (Å²) in [6.07, 6.45) is 0. The maximum atomic E-state index is 5.36. The van der Waals surface area contributed by atoms with Gasteiger partial charge >= 0.3 is 0 Å². The van der Waals surface area contributed by atoms with Gasteiger partial charge in [-0.3, -0.25) is 0 Å². The number of ether oxygens (including phenoxy) is 1. The molecule has 0 fully saturated rings. The molecule has 0 unspecified atom stereocenters. The van der Waals surface area contributed by atoms with Crippen LogP contribution in [0.5, 0.6) is 0 Å². The summed E-state index contributed by atoms with van der Waals surface area (Å²) in [6.45, 7) is 9.12. The van der Waals surface area contributed by atoms with E-state index in [1.54, 1.807) is 7.11 Å². The van der Waals surface area contributed by atoms with E-state index in [0.29, 0.717) is 6.61 Å². The number of thiophene rings is 1. The van der Waals surface area contributed by atoms with Crippen LogP contribution in [0.25, 0.3) is 10.1 Å². The highest BCUT2D eigenvalue weighted by atomic mass is 32.1. The maximum absolute atomic E-state index is 5.36. The van der Waals surface area contributed by atoms with Crippen molar-refractivity contribution in [3.05, 3.63) is 33.7 Å². The molecule has 98 valence electrons. The van der Waals surface area contributed by atoms with Crippen LogP contribution in [-0.4, -0.2) is 13.7 Å². The van der Waals surface area contributed by atoms with E-state index in [0.717, 1.165) is 13.1 Å². The van der Waals surface area contributed by atoms with E-state index in [9.17, 15) is 0 Å². The standard InChI is InChI=1S/C15H21NOS/c1-5-16-8-15-13(9-17-4)12-6-10(2)11(3)7-14(12)18-15/h6-7,16H,5,8-9H2,1-4H3. The number of rotatable bonds is 5. The molecule has 0 aliphatic heterocycles. The average molecular weight is 263 g/mol. The number of hydrogen-bond donors (Lipinski definition) is 1. The van der Waals surface area contributed by atoms with Gasteiger partial charge in [-0.25, -0.2) is 0 Å². The molecule has 0 aliphatic carbocycles. The van der Waals surface area contributed by atoms with Crippen molar-refractivity contribution >= 4 is 21.4 Å². The van der Waals surface area contributed by atoms with Gasteiger partial charge in [-0.15, -0.1) is 11.3 Å². The van der Waals surface area contributed by atoms with Crippen molar-refractivity contribution in [3.63, 3.8) is 0 Å². The second-order valence-corrected chi connectivity index (χ2v) is 5.79. The largest absolute Gasteiger partial charge is 0.380 e. The normalized spacial score (nSPS) is 11.3. The Morgan fingerprint density at radius 1 is 1.22 bits per heavy atom. The van der Waals surface area contributed by atoms with Gasteiger partial charge in [-0.1, -0.05) is 6.92 Å². The van der Waals surface area contributed by atoms with E-state index in [2.05, 4.69) is 38.2 Å². The fourth-order valence-electron chi connectivity index (χ4n) is 2.14. The third kappa shape index (κ3) is 2.58. The lowest BCUT2D eigenvalue weighted by atomic mass is 10.0.